The van der Waals surface area contributed by atoms with Crippen molar-refractivity contribution in [3.8, 4) is 0 Å². The van der Waals surface area contributed by atoms with Crippen molar-refractivity contribution < 1.29 is 9.59 Å². The van der Waals surface area contributed by atoms with Crippen molar-refractivity contribution in [3.63, 3.8) is 0 Å². The van der Waals surface area contributed by atoms with Crippen LogP contribution in [0.25, 0.3) is 0 Å². The Hall–Kier alpha value is -3.48. The Morgan fingerprint density at radius 3 is 2.57 bits per heavy atom. The van der Waals surface area contributed by atoms with Crippen LogP contribution in [0.1, 0.15) is 45.1 Å². The van der Waals surface area contributed by atoms with Crippen LogP contribution < -0.4 is 10.6 Å². The van der Waals surface area contributed by atoms with E-state index in [1.807, 2.05) is 49.4 Å². The molecule has 0 saturated heterocycles. The zero-order valence-corrected chi connectivity index (χ0v) is 15.9. The third-order valence-electron chi connectivity index (χ3n) is 4.50. The molecular formula is C21H23N5O2. The molecule has 0 radical (unpaired) electrons. The van der Waals surface area contributed by atoms with Gasteiger partial charge in [-0.1, -0.05) is 36.4 Å². The molecule has 144 valence electrons. The Labute approximate surface area is 163 Å². The van der Waals surface area contributed by atoms with Gasteiger partial charge in [0.2, 0.25) is 0 Å². The fraction of sp³-hybridized carbons (Fsp3) is 0.238. The van der Waals surface area contributed by atoms with Gasteiger partial charge in [-0.3, -0.25) is 19.3 Å². The molecule has 0 aliphatic carbocycles. The molecule has 0 aliphatic heterocycles. The van der Waals surface area contributed by atoms with Crippen molar-refractivity contribution >= 4 is 11.8 Å². The summed E-state index contributed by atoms with van der Waals surface area (Å²) in [7, 11) is 1.54. The van der Waals surface area contributed by atoms with E-state index in [-0.39, 0.29) is 23.6 Å². The highest BCUT2D eigenvalue weighted by Crippen LogP contribution is 2.20. The minimum Gasteiger partial charge on any atom is -0.354 e. The third kappa shape index (κ3) is 4.43. The molecule has 28 heavy (non-hydrogen) atoms. The maximum Gasteiger partial charge on any atom is 0.271 e. The smallest absolute Gasteiger partial charge is 0.271 e. The van der Waals surface area contributed by atoms with Crippen LogP contribution in [0.2, 0.25) is 0 Å². The fourth-order valence-electron chi connectivity index (χ4n) is 2.93. The topological polar surface area (TPSA) is 88.9 Å². The molecule has 3 aromatic rings. The van der Waals surface area contributed by atoms with Crippen LogP contribution in [0.5, 0.6) is 0 Å². The number of aromatic nitrogens is 3. The number of carbonyl (C=O) groups is 2. The number of benzene rings is 1. The second-order valence-electron chi connectivity index (χ2n) is 6.39. The van der Waals surface area contributed by atoms with Gasteiger partial charge in [0, 0.05) is 32.1 Å². The zero-order chi connectivity index (χ0) is 19.9. The molecule has 0 fully saturated rings. The summed E-state index contributed by atoms with van der Waals surface area (Å²) in [5.41, 5.74) is 2.60. The summed E-state index contributed by atoms with van der Waals surface area (Å²) in [6, 6.07) is 14.9. The van der Waals surface area contributed by atoms with Crippen LogP contribution in [-0.4, -0.2) is 40.2 Å². The van der Waals surface area contributed by atoms with Crippen molar-refractivity contribution in [2.45, 2.75) is 19.4 Å². The Morgan fingerprint density at radius 2 is 1.89 bits per heavy atom. The van der Waals surface area contributed by atoms with Crippen LogP contribution in [-0.2, 0) is 6.42 Å². The first-order chi connectivity index (χ1) is 13.6. The highest BCUT2D eigenvalue weighted by atomic mass is 16.2. The highest BCUT2D eigenvalue weighted by molar-refractivity contribution is 5.97. The van der Waals surface area contributed by atoms with Crippen LogP contribution in [0.15, 0.2) is 60.9 Å². The number of pyridine rings is 1. The van der Waals surface area contributed by atoms with E-state index in [0.717, 1.165) is 11.1 Å². The monoisotopic (exact) mass is 377 g/mol. The summed E-state index contributed by atoms with van der Waals surface area (Å²) in [6.07, 6.45) is 4.16. The Bertz CT molecular complexity index is 938. The van der Waals surface area contributed by atoms with E-state index >= 15 is 0 Å². The number of nitrogens with zero attached hydrogens (tertiary/aromatic N) is 3. The van der Waals surface area contributed by atoms with Crippen LogP contribution in [0.4, 0.5) is 0 Å². The lowest BCUT2D eigenvalue weighted by atomic mass is 10.1. The Balaban J connectivity index is 1.80. The first-order valence-electron chi connectivity index (χ1n) is 9.14. The van der Waals surface area contributed by atoms with Gasteiger partial charge in [-0.25, -0.2) is 0 Å². The molecule has 1 atom stereocenters. The van der Waals surface area contributed by atoms with Crippen molar-refractivity contribution in [2.75, 3.05) is 13.6 Å². The summed E-state index contributed by atoms with van der Waals surface area (Å²) < 4.78 is 1.60. The van der Waals surface area contributed by atoms with Crippen LogP contribution in [0, 0.1) is 0 Å². The van der Waals surface area contributed by atoms with Gasteiger partial charge in [0.05, 0.1) is 6.04 Å². The molecule has 7 heteroatoms. The number of nitrogens with one attached hydrogen (secondary N) is 2. The van der Waals surface area contributed by atoms with Crippen LogP contribution >= 0.6 is 0 Å². The summed E-state index contributed by atoms with van der Waals surface area (Å²) in [6.45, 7) is 2.41. The van der Waals surface area contributed by atoms with E-state index in [1.54, 1.807) is 17.1 Å². The van der Waals surface area contributed by atoms with Crippen molar-refractivity contribution in [1.82, 2.24) is 25.4 Å². The lowest BCUT2D eigenvalue weighted by Crippen LogP contribution is -2.29. The molecule has 1 aromatic carbocycles. The molecular weight excluding hydrogens is 354 g/mol. The molecule has 0 spiro atoms. The quantitative estimate of drug-likeness (QED) is 0.661. The summed E-state index contributed by atoms with van der Waals surface area (Å²) in [5.74, 6) is -0.599. The van der Waals surface area contributed by atoms with Gasteiger partial charge >= 0.3 is 0 Å². The minimum absolute atomic E-state index is 0.196. The summed E-state index contributed by atoms with van der Waals surface area (Å²) in [5, 5.41) is 9.83. The first kappa shape index (κ1) is 19.3. The normalized spacial score (nSPS) is 11.6. The predicted octanol–water partition coefficient (Wildman–Crippen LogP) is 2.22. The maximum absolute atomic E-state index is 12.8. The van der Waals surface area contributed by atoms with Gasteiger partial charge < -0.3 is 10.6 Å². The molecule has 0 saturated carbocycles. The number of amides is 2. The molecule has 2 aromatic heterocycles. The molecule has 2 amide bonds. The van der Waals surface area contributed by atoms with E-state index in [1.165, 1.54) is 13.1 Å². The maximum atomic E-state index is 12.8. The van der Waals surface area contributed by atoms with Gasteiger partial charge in [0.1, 0.15) is 5.69 Å². The van der Waals surface area contributed by atoms with E-state index in [9.17, 15) is 9.59 Å². The largest absolute Gasteiger partial charge is 0.354 e. The number of hydrogen-bond acceptors (Lipinski definition) is 4. The molecule has 0 unspecified atom stereocenters. The molecule has 2 N–H and O–H groups in total. The zero-order valence-electron chi connectivity index (χ0n) is 15.9. The predicted molar refractivity (Wildman–Crippen MR) is 106 cm³/mol. The number of hydrogen-bond donors (Lipinski definition) is 2. The Kier molecular flexibility index (Phi) is 6.16. The average molecular weight is 377 g/mol. The molecule has 0 aliphatic rings. The lowest BCUT2D eigenvalue weighted by molar-refractivity contribution is 0.0938. The van der Waals surface area contributed by atoms with Gasteiger partial charge in [0.25, 0.3) is 11.8 Å². The van der Waals surface area contributed by atoms with Gasteiger partial charge in [-0.05, 0) is 30.5 Å². The fourth-order valence-corrected chi connectivity index (χ4v) is 2.93. The van der Waals surface area contributed by atoms with Crippen molar-refractivity contribution in [2.24, 2.45) is 0 Å². The van der Waals surface area contributed by atoms with Gasteiger partial charge in [-0.2, -0.15) is 5.10 Å². The summed E-state index contributed by atoms with van der Waals surface area (Å²) in [4.78, 5) is 28.9. The standard InChI is InChI=1S/C21H23N5O2/c1-15(17-8-4-3-5-9-17)26-19(13-18(25-26)20(27)22-2)21(28)24-12-10-16-7-6-11-23-14-16/h3-9,11,13-15H,10,12H2,1-2H3,(H,22,27)(H,24,28)/t15-/m0/s1. The van der Waals surface area contributed by atoms with Crippen molar-refractivity contribution in [1.29, 1.82) is 0 Å². The second kappa shape index (κ2) is 8.94. The average Bonchev–Trinajstić information content (AvgIpc) is 3.19. The summed E-state index contributed by atoms with van der Waals surface area (Å²) >= 11 is 0. The van der Waals surface area contributed by atoms with E-state index in [4.69, 9.17) is 0 Å². The highest BCUT2D eigenvalue weighted by Gasteiger charge is 2.22. The molecule has 2 heterocycles. The van der Waals surface area contributed by atoms with E-state index in [2.05, 4.69) is 20.7 Å². The minimum atomic E-state index is -0.330. The van der Waals surface area contributed by atoms with Gasteiger partial charge in [-0.15, -0.1) is 0 Å². The SMILES string of the molecule is CNC(=O)c1cc(C(=O)NCCc2cccnc2)n([C@@H](C)c2ccccc2)n1. The lowest BCUT2D eigenvalue weighted by Gasteiger charge is -2.16. The van der Waals surface area contributed by atoms with E-state index < -0.39 is 0 Å². The first-order valence-corrected chi connectivity index (χ1v) is 9.14. The molecule has 0 bridgehead atoms. The number of carbonyl (C=O) groups excluding carboxylic acids is 2. The van der Waals surface area contributed by atoms with Crippen LogP contribution in [0.3, 0.4) is 0 Å². The Morgan fingerprint density at radius 1 is 1.11 bits per heavy atom. The van der Waals surface area contributed by atoms with E-state index in [0.29, 0.717) is 18.7 Å². The molecule has 3 rings (SSSR count). The third-order valence-corrected chi connectivity index (χ3v) is 4.50. The van der Waals surface area contributed by atoms with Gasteiger partial charge in [0.15, 0.2) is 5.69 Å². The number of rotatable bonds is 7. The second-order valence-corrected chi connectivity index (χ2v) is 6.39. The van der Waals surface area contributed by atoms with Crippen molar-refractivity contribution in [3.05, 3.63) is 83.4 Å². The molecule has 7 nitrogen and oxygen atoms in total.